The molecular weight excluding hydrogens is 254 g/mol. The minimum Gasteiger partial charge on any atom is -0.395 e. The van der Waals surface area contributed by atoms with Gasteiger partial charge < -0.3 is 14.7 Å². The second-order valence-electron chi connectivity index (χ2n) is 4.82. The molecule has 4 nitrogen and oxygen atoms in total. The number of carbonyl (C=O) groups is 1. The Morgan fingerprint density at radius 3 is 2.85 bits per heavy atom. The van der Waals surface area contributed by atoms with Crippen molar-refractivity contribution in [1.82, 2.24) is 4.90 Å². The molecule has 0 unspecified atom stereocenters. The molecule has 0 radical (unpaired) electrons. The Morgan fingerprint density at radius 1 is 1.40 bits per heavy atom. The molecule has 1 aromatic rings. The molecule has 1 saturated heterocycles. The van der Waals surface area contributed by atoms with E-state index >= 15 is 0 Å². The molecule has 0 bridgehead atoms. The van der Waals surface area contributed by atoms with E-state index in [1.807, 2.05) is 42.5 Å². The number of aliphatic hydroxyl groups is 1. The normalized spacial score (nSPS) is 18.6. The highest BCUT2D eigenvalue weighted by Crippen LogP contribution is 2.14. The SMILES string of the molecule is O=C([C@H]1CCCO1)N(C/C=C/c1ccccc1)CCO. The molecule has 2 rings (SSSR count). The molecule has 1 aromatic carbocycles. The van der Waals surface area contributed by atoms with E-state index in [0.717, 1.165) is 18.4 Å². The fourth-order valence-corrected chi connectivity index (χ4v) is 2.27. The van der Waals surface area contributed by atoms with Crippen LogP contribution in [0.5, 0.6) is 0 Å². The summed E-state index contributed by atoms with van der Waals surface area (Å²) in [5, 5.41) is 9.09. The Labute approximate surface area is 119 Å². The number of hydrogen-bond acceptors (Lipinski definition) is 3. The number of nitrogens with zero attached hydrogens (tertiary/aromatic N) is 1. The van der Waals surface area contributed by atoms with Crippen LogP contribution in [0, 0.1) is 0 Å². The molecule has 0 spiro atoms. The van der Waals surface area contributed by atoms with E-state index in [1.165, 1.54) is 0 Å². The molecule has 1 aliphatic rings. The van der Waals surface area contributed by atoms with Crippen LogP contribution in [0.3, 0.4) is 0 Å². The molecule has 4 heteroatoms. The van der Waals surface area contributed by atoms with Crippen LogP contribution in [0.2, 0.25) is 0 Å². The average molecular weight is 275 g/mol. The molecule has 1 fully saturated rings. The van der Waals surface area contributed by atoms with Crippen molar-refractivity contribution < 1.29 is 14.6 Å². The topological polar surface area (TPSA) is 49.8 Å². The second kappa shape index (κ2) is 7.82. The predicted octanol–water partition coefficient (Wildman–Crippen LogP) is 1.70. The van der Waals surface area contributed by atoms with Crippen LogP contribution in [0.4, 0.5) is 0 Å². The van der Waals surface area contributed by atoms with Gasteiger partial charge in [-0.3, -0.25) is 4.79 Å². The van der Waals surface area contributed by atoms with Gasteiger partial charge in [0.1, 0.15) is 6.10 Å². The van der Waals surface area contributed by atoms with Crippen molar-refractivity contribution in [3.8, 4) is 0 Å². The van der Waals surface area contributed by atoms with E-state index in [1.54, 1.807) is 4.90 Å². The molecule has 1 amide bonds. The largest absolute Gasteiger partial charge is 0.395 e. The summed E-state index contributed by atoms with van der Waals surface area (Å²) in [6.45, 7) is 1.47. The second-order valence-corrected chi connectivity index (χ2v) is 4.82. The lowest BCUT2D eigenvalue weighted by atomic mass is 10.2. The van der Waals surface area contributed by atoms with Crippen LogP contribution in [-0.4, -0.2) is 48.3 Å². The van der Waals surface area contributed by atoms with Crippen LogP contribution in [0.25, 0.3) is 6.08 Å². The van der Waals surface area contributed by atoms with Gasteiger partial charge in [-0.2, -0.15) is 0 Å². The Hall–Kier alpha value is -1.65. The third-order valence-corrected chi connectivity index (χ3v) is 3.32. The number of hydrogen-bond donors (Lipinski definition) is 1. The zero-order valence-electron chi connectivity index (χ0n) is 11.6. The van der Waals surface area contributed by atoms with Gasteiger partial charge >= 0.3 is 0 Å². The molecule has 1 atom stereocenters. The summed E-state index contributed by atoms with van der Waals surface area (Å²) in [5.74, 6) is -0.0192. The third-order valence-electron chi connectivity index (χ3n) is 3.32. The number of ether oxygens (including phenoxy) is 1. The van der Waals surface area contributed by atoms with Crippen LogP contribution >= 0.6 is 0 Å². The smallest absolute Gasteiger partial charge is 0.252 e. The van der Waals surface area contributed by atoms with E-state index in [-0.39, 0.29) is 18.6 Å². The van der Waals surface area contributed by atoms with Gasteiger partial charge in [0.05, 0.1) is 6.61 Å². The summed E-state index contributed by atoms with van der Waals surface area (Å²) >= 11 is 0. The first-order valence-corrected chi connectivity index (χ1v) is 7.04. The van der Waals surface area contributed by atoms with E-state index < -0.39 is 0 Å². The monoisotopic (exact) mass is 275 g/mol. The maximum absolute atomic E-state index is 12.2. The van der Waals surface area contributed by atoms with E-state index in [2.05, 4.69) is 0 Å². The van der Waals surface area contributed by atoms with E-state index in [0.29, 0.717) is 19.7 Å². The van der Waals surface area contributed by atoms with Crippen molar-refractivity contribution in [2.24, 2.45) is 0 Å². The fraction of sp³-hybridized carbons (Fsp3) is 0.438. The lowest BCUT2D eigenvalue weighted by Crippen LogP contribution is -2.40. The molecule has 1 aliphatic heterocycles. The zero-order valence-corrected chi connectivity index (χ0v) is 11.6. The Kier molecular flexibility index (Phi) is 5.77. The highest BCUT2D eigenvalue weighted by atomic mass is 16.5. The van der Waals surface area contributed by atoms with Gasteiger partial charge in [0, 0.05) is 19.7 Å². The van der Waals surface area contributed by atoms with E-state index in [4.69, 9.17) is 9.84 Å². The zero-order chi connectivity index (χ0) is 14.2. The number of rotatable bonds is 6. The molecule has 0 aliphatic carbocycles. The Balaban J connectivity index is 1.91. The Bertz CT molecular complexity index is 438. The van der Waals surface area contributed by atoms with Crippen LogP contribution in [0.15, 0.2) is 36.4 Å². The standard InChI is InChI=1S/C16H21NO3/c18-12-11-17(16(19)15-9-5-13-20-15)10-4-8-14-6-2-1-3-7-14/h1-4,6-8,15,18H,5,9-13H2/b8-4+/t15-/m1/s1. The number of amides is 1. The maximum Gasteiger partial charge on any atom is 0.252 e. The summed E-state index contributed by atoms with van der Waals surface area (Å²) in [6, 6.07) is 9.94. The van der Waals surface area contributed by atoms with Crippen molar-refractivity contribution in [3.05, 3.63) is 42.0 Å². The van der Waals surface area contributed by atoms with Gasteiger partial charge in [-0.05, 0) is 18.4 Å². The van der Waals surface area contributed by atoms with Crippen LogP contribution in [0.1, 0.15) is 18.4 Å². The summed E-state index contributed by atoms with van der Waals surface area (Å²) < 4.78 is 5.41. The van der Waals surface area contributed by atoms with Crippen molar-refractivity contribution in [2.75, 3.05) is 26.3 Å². The summed E-state index contributed by atoms with van der Waals surface area (Å²) in [6.07, 6.45) is 5.31. The van der Waals surface area contributed by atoms with Gasteiger partial charge in [0.15, 0.2) is 0 Å². The van der Waals surface area contributed by atoms with Gasteiger partial charge in [-0.25, -0.2) is 0 Å². The first-order valence-electron chi connectivity index (χ1n) is 7.04. The average Bonchev–Trinajstić information content (AvgIpc) is 3.01. The number of carbonyl (C=O) groups excluding carboxylic acids is 1. The highest BCUT2D eigenvalue weighted by molar-refractivity contribution is 5.81. The highest BCUT2D eigenvalue weighted by Gasteiger charge is 2.27. The maximum atomic E-state index is 12.2. The van der Waals surface area contributed by atoms with Crippen molar-refractivity contribution in [3.63, 3.8) is 0 Å². The first kappa shape index (κ1) is 14.8. The first-order chi connectivity index (χ1) is 9.81. The van der Waals surface area contributed by atoms with Crippen LogP contribution < -0.4 is 0 Å². The van der Waals surface area contributed by atoms with Crippen molar-refractivity contribution in [2.45, 2.75) is 18.9 Å². The summed E-state index contributed by atoms with van der Waals surface area (Å²) in [4.78, 5) is 13.9. The summed E-state index contributed by atoms with van der Waals surface area (Å²) in [5.41, 5.74) is 1.10. The lowest BCUT2D eigenvalue weighted by Gasteiger charge is -2.23. The molecule has 1 heterocycles. The van der Waals surface area contributed by atoms with Crippen molar-refractivity contribution >= 4 is 12.0 Å². The molecule has 0 aromatic heterocycles. The Morgan fingerprint density at radius 2 is 2.20 bits per heavy atom. The minimum absolute atomic E-state index is 0.0192. The molecule has 0 saturated carbocycles. The van der Waals surface area contributed by atoms with Gasteiger partial charge in [0.2, 0.25) is 0 Å². The van der Waals surface area contributed by atoms with Gasteiger partial charge in [0.25, 0.3) is 5.91 Å². The number of aliphatic hydroxyl groups excluding tert-OH is 1. The van der Waals surface area contributed by atoms with Crippen LogP contribution in [-0.2, 0) is 9.53 Å². The quantitative estimate of drug-likeness (QED) is 0.859. The van der Waals surface area contributed by atoms with E-state index in [9.17, 15) is 4.79 Å². The fourth-order valence-electron chi connectivity index (χ4n) is 2.27. The molecule has 20 heavy (non-hydrogen) atoms. The minimum atomic E-state index is -0.327. The number of benzene rings is 1. The lowest BCUT2D eigenvalue weighted by molar-refractivity contribution is -0.140. The molecular formula is C16H21NO3. The van der Waals surface area contributed by atoms with Gasteiger partial charge in [-0.15, -0.1) is 0 Å². The van der Waals surface area contributed by atoms with Crippen molar-refractivity contribution in [1.29, 1.82) is 0 Å². The van der Waals surface area contributed by atoms with Gasteiger partial charge in [-0.1, -0.05) is 42.5 Å². The summed E-state index contributed by atoms with van der Waals surface area (Å²) in [7, 11) is 0. The molecule has 108 valence electrons. The molecule has 1 N–H and O–H groups in total. The predicted molar refractivity (Wildman–Crippen MR) is 78.1 cm³/mol. The third kappa shape index (κ3) is 4.18.